The Morgan fingerprint density at radius 3 is 2.62 bits per heavy atom. The lowest BCUT2D eigenvalue weighted by molar-refractivity contribution is 0.243. The standard InChI is InChI=1S/C24H37N9O3S/c25-23(26)29-10-1-9-28-15-17-2-4-21(5-3-17)33-16-18-14-20(30-22(18)31-24(33)34)8-13-37(35,36)32-19-6-11-27-12-7-19/h2-5,14,16,19,22,27-28,30,32H,1,6-13,15H2,(H,31,34)(H4,25,26,29). The number of guanidine groups is 1. The Hall–Kier alpha value is -3.13. The topological polar surface area (TPSA) is 179 Å². The molecule has 202 valence electrons. The van der Waals surface area contributed by atoms with E-state index in [0.717, 1.165) is 61.4 Å². The molecule has 3 heterocycles. The molecule has 0 spiro atoms. The first kappa shape index (κ1) is 26.9. The molecule has 1 unspecified atom stereocenters. The van der Waals surface area contributed by atoms with Gasteiger partial charge in [0.1, 0.15) is 6.17 Å². The molecule has 1 saturated heterocycles. The van der Waals surface area contributed by atoms with Crippen LogP contribution in [0.15, 0.2) is 52.8 Å². The molecule has 0 bridgehead atoms. The fourth-order valence-corrected chi connectivity index (χ4v) is 5.83. The van der Waals surface area contributed by atoms with E-state index >= 15 is 0 Å². The molecule has 37 heavy (non-hydrogen) atoms. The Labute approximate surface area is 218 Å². The number of benzene rings is 1. The summed E-state index contributed by atoms with van der Waals surface area (Å²) in [6.07, 6.45) is 6.13. The molecule has 13 heteroatoms. The van der Waals surface area contributed by atoms with Gasteiger partial charge in [0.2, 0.25) is 10.0 Å². The smallest absolute Gasteiger partial charge is 0.327 e. The Kier molecular flexibility index (Phi) is 9.03. The van der Waals surface area contributed by atoms with E-state index < -0.39 is 10.0 Å². The van der Waals surface area contributed by atoms with Crippen molar-refractivity contribution < 1.29 is 13.2 Å². The largest absolute Gasteiger partial charge is 0.370 e. The van der Waals surface area contributed by atoms with E-state index in [-0.39, 0.29) is 30.0 Å². The summed E-state index contributed by atoms with van der Waals surface area (Å²) in [7, 11) is -3.38. The zero-order valence-corrected chi connectivity index (χ0v) is 21.7. The van der Waals surface area contributed by atoms with Crippen LogP contribution in [-0.4, -0.2) is 64.5 Å². The van der Waals surface area contributed by atoms with E-state index in [4.69, 9.17) is 11.5 Å². The molecule has 1 aromatic rings. The number of amides is 2. The van der Waals surface area contributed by atoms with E-state index in [1.807, 2.05) is 30.3 Å². The van der Waals surface area contributed by atoms with Gasteiger partial charge in [0, 0.05) is 43.0 Å². The second-order valence-corrected chi connectivity index (χ2v) is 11.3. The maximum atomic E-state index is 12.7. The minimum absolute atomic E-state index is 0.00277. The quantitative estimate of drug-likeness (QED) is 0.109. The highest BCUT2D eigenvalue weighted by Crippen LogP contribution is 2.25. The number of carbonyl (C=O) groups is 1. The van der Waals surface area contributed by atoms with E-state index in [9.17, 15) is 13.2 Å². The predicted octanol–water partition coefficient (Wildman–Crippen LogP) is -0.272. The fraction of sp³-hybridized carbons (Fsp3) is 0.500. The van der Waals surface area contributed by atoms with Crippen molar-refractivity contribution in [2.24, 2.45) is 16.5 Å². The third-order valence-corrected chi connectivity index (χ3v) is 7.88. The molecule has 2 amide bonds. The Balaban J connectivity index is 1.29. The van der Waals surface area contributed by atoms with Gasteiger partial charge in [-0.25, -0.2) is 17.9 Å². The lowest BCUT2D eigenvalue weighted by atomic mass is 10.1. The Morgan fingerprint density at radius 1 is 1.14 bits per heavy atom. The van der Waals surface area contributed by atoms with E-state index in [1.165, 1.54) is 0 Å². The predicted molar refractivity (Wildman–Crippen MR) is 145 cm³/mol. The van der Waals surface area contributed by atoms with Gasteiger partial charge in [-0.3, -0.25) is 9.89 Å². The summed E-state index contributed by atoms with van der Waals surface area (Å²) in [4.78, 5) is 18.3. The second kappa shape index (κ2) is 12.4. The van der Waals surface area contributed by atoms with Crippen LogP contribution in [0.5, 0.6) is 0 Å². The van der Waals surface area contributed by atoms with Crippen LogP contribution in [0.1, 0.15) is 31.2 Å². The number of fused-ring (bicyclic) bond motifs is 1. The maximum Gasteiger partial charge on any atom is 0.327 e. The summed E-state index contributed by atoms with van der Waals surface area (Å²) in [5.41, 5.74) is 14.1. The number of urea groups is 1. The van der Waals surface area contributed by atoms with Crippen molar-refractivity contribution in [1.82, 2.24) is 26.0 Å². The average molecular weight is 532 g/mol. The molecule has 3 aliphatic rings. The lowest BCUT2D eigenvalue weighted by Gasteiger charge is -2.29. The van der Waals surface area contributed by atoms with Crippen molar-refractivity contribution >= 4 is 27.7 Å². The molecule has 1 aromatic carbocycles. The minimum atomic E-state index is -3.38. The number of rotatable bonds is 12. The van der Waals surface area contributed by atoms with Crippen molar-refractivity contribution in [2.45, 2.75) is 44.4 Å². The number of allylic oxidation sites excluding steroid dienone is 1. The number of sulfonamides is 1. The van der Waals surface area contributed by atoms with Crippen molar-refractivity contribution in [2.75, 3.05) is 36.8 Å². The maximum absolute atomic E-state index is 12.7. The molecule has 0 aliphatic carbocycles. The molecule has 9 N–H and O–H groups in total. The minimum Gasteiger partial charge on any atom is -0.370 e. The van der Waals surface area contributed by atoms with Crippen LogP contribution in [0.2, 0.25) is 0 Å². The molecule has 12 nitrogen and oxygen atoms in total. The van der Waals surface area contributed by atoms with E-state index in [2.05, 4.69) is 31.0 Å². The number of nitrogens with two attached hydrogens (primary N) is 2. The van der Waals surface area contributed by atoms with Crippen molar-refractivity contribution in [3.63, 3.8) is 0 Å². The van der Waals surface area contributed by atoms with E-state index in [0.29, 0.717) is 19.5 Å². The van der Waals surface area contributed by atoms with Crippen molar-refractivity contribution in [1.29, 1.82) is 0 Å². The number of hydrogen-bond donors (Lipinski definition) is 7. The highest BCUT2D eigenvalue weighted by Gasteiger charge is 2.31. The number of aliphatic imine (C=N–C) groups is 1. The number of hydrogen-bond acceptors (Lipinski definition) is 7. The molecule has 4 rings (SSSR count). The average Bonchev–Trinajstić information content (AvgIpc) is 3.27. The van der Waals surface area contributed by atoms with Gasteiger partial charge in [-0.1, -0.05) is 12.1 Å². The lowest BCUT2D eigenvalue weighted by Crippen LogP contribution is -2.51. The molecule has 1 atom stereocenters. The van der Waals surface area contributed by atoms with Gasteiger partial charge >= 0.3 is 6.03 Å². The number of piperidine rings is 1. The molecular formula is C24H37N9O3S. The number of anilines is 1. The van der Waals surface area contributed by atoms with Gasteiger partial charge in [-0.15, -0.1) is 0 Å². The Bertz CT molecular complexity index is 1140. The number of nitrogens with one attached hydrogen (secondary N) is 5. The summed E-state index contributed by atoms with van der Waals surface area (Å²) in [6, 6.07) is 7.50. The van der Waals surface area contributed by atoms with Gasteiger partial charge in [0.05, 0.1) is 11.4 Å². The summed E-state index contributed by atoms with van der Waals surface area (Å²) in [5.74, 6) is 0.101. The second-order valence-electron chi connectivity index (χ2n) is 9.41. The van der Waals surface area contributed by atoms with Crippen molar-refractivity contribution in [3.05, 3.63) is 53.4 Å². The van der Waals surface area contributed by atoms with Crippen LogP contribution in [0, 0.1) is 0 Å². The van der Waals surface area contributed by atoms with Crippen molar-refractivity contribution in [3.8, 4) is 0 Å². The van der Waals surface area contributed by atoms with Gasteiger partial charge < -0.3 is 32.7 Å². The summed E-state index contributed by atoms with van der Waals surface area (Å²) in [5, 5.41) is 12.7. The normalized spacial score (nSPS) is 19.9. The zero-order chi connectivity index (χ0) is 26.3. The zero-order valence-electron chi connectivity index (χ0n) is 20.9. The van der Waals surface area contributed by atoms with Crippen LogP contribution in [0.3, 0.4) is 0 Å². The van der Waals surface area contributed by atoms with Crippen LogP contribution in [0.4, 0.5) is 10.5 Å². The monoisotopic (exact) mass is 531 g/mol. The first-order valence-corrected chi connectivity index (χ1v) is 14.3. The van der Waals surface area contributed by atoms with Crippen LogP contribution < -0.4 is 42.4 Å². The SMILES string of the molecule is NC(N)=NCCCNCc1ccc(N2C=C3C=C(CCS(=O)(=O)NC4CCNCC4)NC3NC2=O)cc1. The molecule has 0 aromatic heterocycles. The highest BCUT2D eigenvalue weighted by molar-refractivity contribution is 7.89. The van der Waals surface area contributed by atoms with Gasteiger partial charge in [0.15, 0.2) is 5.96 Å². The first-order chi connectivity index (χ1) is 17.8. The molecule has 0 saturated carbocycles. The van der Waals surface area contributed by atoms with Gasteiger partial charge in [-0.05, 0) is 62.7 Å². The Morgan fingerprint density at radius 2 is 1.89 bits per heavy atom. The first-order valence-electron chi connectivity index (χ1n) is 12.6. The summed E-state index contributed by atoms with van der Waals surface area (Å²) >= 11 is 0. The molecule has 3 aliphatic heterocycles. The fourth-order valence-electron chi connectivity index (χ4n) is 4.48. The summed E-state index contributed by atoms with van der Waals surface area (Å²) in [6.45, 7) is 3.73. The molecule has 1 fully saturated rings. The van der Waals surface area contributed by atoms with E-state index in [1.54, 1.807) is 11.1 Å². The third-order valence-electron chi connectivity index (χ3n) is 6.44. The molecular weight excluding hydrogens is 494 g/mol. The number of carbonyl (C=O) groups excluding carboxylic acids is 1. The van der Waals surface area contributed by atoms with Gasteiger partial charge in [0.25, 0.3) is 0 Å². The van der Waals surface area contributed by atoms with Crippen LogP contribution in [0.25, 0.3) is 0 Å². The highest BCUT2D eigenvalue weighted by atomic mass is 32.2. The van der Waals surface area contributed by atoms with Crippen LogP contribution in [-0.2, 0) is 16.6 Å². The van der Waals surface area contributed by atoms with Gasteiger partial charge in [-0.2, -0.15) is 0 Å². The van der Waals surface area contributed by atoms with Crippen LogP contribution >= 0.6 is 0 Å². The molecule has 0 radical (unpaired) electrons. The number of nitrogens with zero attached hydrogens (tertiary/aromatic N) is 2. The summed E-state index contributed by atoms with van der Waals surface area (Å²) < 4.78 is 27.9. The third kappa shape index (κ3) is 7.92.